The van der Waals surface area contributed by atoms with E-state index in [1.165, 1.54) is 15.3 Å². The van der Waals surface area contributed by atoms with Gasteiger partial charge in [0.15, 0.2) is 6.67 Å². The van der Waals surface area contributed by atoms with Crippen LogP contribution in [0.5, 0.6) is 0 Å². The van der Waals surface area contributed by atoms with Crippen molar-refractivity contribution in [1.29, 1.82) is 0 Å². The molecular weight excluding hydrogens is 308 g/mol. The molecule has 1 saturated carbocycles. The van der Waals surface area contributed by atoms with Crippen LogP contribution >= 0.6 is 11.3 Å². The van der Waals surface area contributed by atoms with Gasteiger partial charge >= 0.3 is 0 Å². The number of quaternary nitrogens is 1. The van der Waals surface area contributed by atoms with Gasteiger partial charge in [0.1, 0.15) is 6.04 Å². The van der Waals surface area contributed by atoms with Gasteiger partial charge < -0.3 is 4.90 Å². The molecule has 124 valence electrons. The number of hydrogen-bond acceptors (Lipinski definition) is 3. The van der Waals surface area contributed by atoms with Gasteiger partial charge in [0, 0.05) is 23.3 Å². The fourth-order valence-corrected chi connectivity index (χ4v) is 5.77. The largest absolute Gasteiger partial charge is 0.311 e. The van der Waals surface area contributed by atoms with Gasteiger partial charge in [0.25, 0.3) is 0 Å². The number of imide groups is 1. The van der Waals surface area contributed by atoms with E-state index in [9.17, 15) is 9.59 Å². The first-order valence-electron chi connectivity index (χ1n) is 8.96. The Morgan fingerprint density at radius 2 is 1.91 bits per heavy atom. The van der Waals surface area contributed by atoms with Gasteiger partial charge in [-0.25, -0.2) is 4.90 Å². The zero-order chi connectivity index (χ0) is 16.0. The minimum absolute atomic E-state index is 0.0165. The van der Waals surface area contributed by atoms with Crippen molar-refractivity contribution < 1.29 is 14.5 Å². The summed E-state index contributed by atoms with van der Waals surface area (Å²) < 4.78 is 0. The second-order valence-electron chi connectivity index (χ2n) is 7.18. The highest BCUT2D eigenvalue weighted by molar-refractivity contribution is 7.10. The highest BCUT2D eigenvalue weighted by atomic mass is 32.1. The summed E-state index contributed by atoms with van der Waals surface area (Å²) in [6, 6.07) is 2.66. The zero-order valence-electron chi connectivity index (χ0n) is 13.7. The first-order valence-corrected chi connectivity index (χ1v) is 9.84. The summed E-state index contributed by atoms with van der Waals surface area (Å²) in [6.45, 7) is 3.81. The Morgan fingerprint density at radius 1 is 1.22 bits per heavy atom. The summed E-state index contributed by atoms with van der Waals surface area (Å²) in [6.07, 6.45) is 6.14. The number of carbonyl (C=O) groups is 2. The Kier molecular flexibility index (Phi) is 4.01. The van der Waals surface area contributed by atoms with Crippen molar-refractivity contribution in [1.82, 2.24) is 4.90 Å². The maximum atomic E-state index is 12.7. The number of nitrogens with one attached hydrogen (secondary N) is 1. The van der Waals surface area contributed by atoms with Crippen molar-refractivity contribution in [2.24, 2.45) is 11.8 Å². The fraction of sp³-hybridized carbons (Fsp3) is 0.667. The smallest absolute Gasteiger partial charge is 0.237 e. The van der Waals surface area contributed by atoms with Gasteiger partial charge in [0.2, 0.25) is 11.8 Å². The molecule has 23 heavy (non-hydrogen) atoms. The van der Waals surface area contributed by atoms with Gasteiger partial charge in [-0.2, -0.15) is 0 Å². The van der Waals surface area contributed by atoms with Gasteiger partial charge in [-0.3, -0.25) is 9.59 Å². The van der Waals surface area contributed by atoms with E-state index < -0.39 is 0 Å². The molecule has 3 heterocycles. The molecule has 2 amide bonds. The van der Waals surface area contributed by atoms with Crippen LogP contribution in [0.15, 0.2) is 11.4 Å². The first kappa shape index (κ1) is 15.3. The van der Waals surface area contributed by atoms with E-state index in [1.54, 1.807) is 4.90 Å². The predicted octanol–water partition coefficient (Wildman–Crippen LogP) is 1.77. The third kappa shape index (κ3) is 2.45. The van der Waals surface area contributed by atoms with Crippen LogP contribution in [0.2, 0.25) is 0 Å². The minimum atomic E-state index is -0.0165. The lowest BCUT2D eigenvalue weighted by atomic mass is 9.81. The average molecular weight is 333 g/mol. The Balaban J connectivity index is 1.54. The molecule has 0 bridgehead atoms. The lowest BCUT2D eigenvalue weighted by molar-refractivity contribution is -0.940. The molecular formula is C18H25N2O2S+. The summed E-state index contributed by atoms with van der Waals surface area (Å²) >= 11 is 1.85. The maximum absolute atomic E-state index is 12.7. The van der Waals surface area contributed by atoms with Crippen LogP contribution in [0.4, 0.5) is 0 Å². The Hall–Kier alpha value is -1.20. The molecule has 1 aliphatic carbocycles. The van der Waals surface area contributed by atoms with Gasteiger partial charge in [-0.05, 0) is 24.3 Å². The van der Waals surface area contributed by atoms with E-state index in [-0.39, 0.29) is 23.7 Å². The fourth-order valence-electron chi connectivity index (χ4n) is 4.82. The van der Waals surface area contributed by atoms with Crippen molar-refractivity contribution in [3.63, 3.8) is 0 Å². The third-order valence-electron chi connectivity index (χ3n) is 6.02. The van der Waals surface area contributed by atoms with Crippen LogP contribution in [0, 0.1) is 11.8 Å². The quantitative estimate of drug-likeness (QED) is 0.857. The number of nitrogens with zero attached hydrogens (tertiary/aromatic N) is 1. The van der Waals surface area contributed by atoms with Crippen LogP contribution in [0.1, 0.15) is 55.5 Å². The van der Waals surface area contributed by atoms with E-state index in [0.29, 0.717) is 12.7 Å². The van der Waals surface area contributed by atoms with Crippen molar-refractivity contribution in [3.05, 3.63) is 21.9 Å². The highest BCUT2D eigenvalue weighted by Crippen LogP contribution is 2.37. The average Bonchev–Trinajstić information content (AvgIpc) is 3.14. The molecule has 0 radical (unpaired) electrons. The number of thiophene rings is 1. The topological polar surface area (TPSA) is 41.8 Å². The first-order chi connectivity index (χ1) is 11.2. The SMILES string of the molecule is CC[C@@H]1c2ccsc2CC[NH+]1CN1C(=O)[C@H]2CCCC[C@H]2C1=O. The van der Waals surface area contributed by atoms with Gasteiger partial charge in [0.05, 0.1) is 18.4 Å². The molecule has 1 saturated heterocycles. The summed E-state index contributed by atoms with van der Waals surface area (Å²) in [5.41, 5.74) is 1.44. The second-order valence-corrected chi connectivity index (χ2v) is 8.18. The molecule has 4 nitrogen and oxygen atoms in total. The predicted molar refractivity (Wildman–Crippen MR) is 89.1 cm³/mol. The molecule has 1 aromatic rings. The second kappa shape index (κ2) is 6.02. The van der Waals surface area contributed by atoms with Crippen molar-refractivity contribution >= 4 is 23.2 Å². The summed E-state index contributed by atoms with van der Waals surface area (Å²) in [7, 11) is 0. The van der Waals surface area contributed by atoms with Crippen LogP contribution in [0.25, 0.3) is 0 Å². The van der Waals surface area contributed by atoms with Gasteiger partial charge in [-0.1, -0.05) is 19.8 Å². The lowest BCUT2D eigenvalue weighted by Gasteiger charge is -2.34. The molecule has 1 N–H and O–H groups in total. The molecule has 3 aliphatic rings. The van der Waals surface area contributed by atoms with Crippen LogP contribution in [-0.4, -0.2) is 29.9 Å². The molecule has 0 aromatic carbocycles. The Labute approximate surface area is 141 Å². The highest BCUT2D eigenvalue weighted by Gasteiger charge is 2.49. The monoisotopic (exact) mass is 333 g/mol. The van der Waals surface area contributed by atoms with E-state index in [2.05, 4.69) is 18.4 Å². The maximum Gasteiger partial charge on any atom is 0.237 e. The van der Waals surface area contributed by atoms with Crippen molar-refractivity contribution in [2.45, 2.75) is 51.5 Å². The minimum Gasteiger partial charge on any atom is -0.311 e. The molecule has 5 heteroatoms. The van der Waals surface area contributed by atoms with Crippen molar-refractivity contribution in [3.8, 4) is 0 Å². The molecule has 4 rings (SSSR count). The molecule has 4 atom stereocenters. The molecule has 2 fully saturated rings. The Morgan fingerprint density at radius 3 is 2.57 bits per heavy atom. The summed E-state index contributed by atoms with van der Waals surface area (Å²) in [5.74, 6) is 0.186. The number of likely N-dealkylation sites (tertiary alicyclic amines) is 1. The zero-order valence-corrected chi connectivity index (χ0v) is 14.5. The normalized spacial score (nSPS) is 33.7. The number of rotatable bonds is 3. The Bertz CT molecular complexity index is 602. The summed E-state index contributed by atoms with van der Waals surface area (Å²) in [5, 5.41) is 2.18. The summed E-state index contributed by atoms with van der Waals surface area (Å²) in [4.78, 5) is 29.9. The number of hydrogen-bond donors (Lipinski definition) is 1. The number of fused-ring (bicyclic) bond motifs is 2. The van der Waals surface area contributed by atoms with Gasteiger partial charge in [-0.15, -0.1) is 11.3 Å². The van der Waals surface area contributed by atoms with E-state index in [4.69, 9.17) is 0 Å². The molecule has 1 aromatic heterocycles. The standard InChI is InChI=1S/C18H24N2O2S/c1-2-15-14-8-10-23-16(14)7-9-19(15)11-20-17(21)12-5-3-4-6-13(12)18(20)22/h8,10,12-13,15H,2-7,9,11H2,1H3/p+1/t12-,13+,15-/m1/s1. The van der Waals surface area contributed by atoms with Crippen LogP contribution < -0.4 is 4.90 Å². The number of amides is 2. The number of carbonyl (C=O) groups excluding carboxylic acids is 2. The lowest BCUT2D eigenvalue weighted by Crippen LogP contribution is -3.14. The molecule has 0 spiro atoms. The van der Waals surface area contributed by atoms with E-state index in [1.807, 2.05) is 11.3 Å². The molecule has 2 aliphatic heterocycles. The van der Waals surface area contributed by atoms with Crippen LogP contribution in [-0.2, 0) is 16.0 Å². The molecule has 1 unspecified atom stereocenters. The van der Waals surface area contributed by atoms with E-state index in [0.717, 1.165) is 45.1 Å². The van der Waals surface area contributed by atoms with Crippen molar-refractivity contribution in [2.75, 3.05) is 13.2 Å². The third-order valence-corrected chi connectivity index (χ3v) is 7.02. The van der Waals surface area contributed by atoms with Crippen LogP contribution in [0.3, 0.4) is 0 Å². The van der Waals surface area contributed by atoms with E-state index >= 15 is 0 Å².